The number of para-hydroxylation sites is 1. The number of nitrogens with one attached hydrogen (secondary N) is 1. The largest absolute Gasteiger partial charge is 0.360 e. The number of carbonyl (C=O) groups excluding carboxylic acids is 1. The van der Waals surface area contributed by atoms with E-state index < -0.39 is 0 Å². The molecule has 6 nitrogen and oxygen atoms in total. The molecule has 0 aliphatic heterocycles. The number of aromatic nitrogens is 3. The zero-order valence-corrected chi connectivity index (χ0v) is 14.5. The SMILES string of the molecule is Cc1cc(NC(=O)C(C)Sc2nccn2-c2ccccc2C)no1. The Bertz CT molecular complexity index is 856. The molecule has 0 spiro atoms. The minimum Gasteiger partial charge on any atom is -0.360 e. The molecule has 0 aliphatic carbocycles. The van der Waals surface area contributed by atoms with Crippen molar-refractivity contribution in [2.24, 2.45) is 0 Å². The maximum atomic E-state index is 12.3. The van der Waals surface area contributed by atoms with Gasteiger partial charge < -0.3 is 9.84 Å². The molecule has 0 saturated carbocycles. The van der Waals surface area contributed by atoms with Crippen molar-refractivity contribution in [3.8, 4) is 5.69 Å². The van der Waals surface area contributed by atoms with Crippen LogP contribution in [0.15, 0.2) is 52.4 Å². The fourth-order valence-corrected chi connectivity index (χ4v) is 3.14. The number of anilines is 1. The Kier molecular flexibility index (Phi) is 4.71. The Labute approximate surface area is 144 Å². The summed E-state index contributed by atoms with van der Waals surface area (Å²) in [5, 5.41) is 6.96. The molecule has 3 rings (SSSR count). The molecule has 0 radical (unpaired) electrons. The molecule has 7 heteroatoms. The van der Waals surface area contributed by atoms with E-state index in [1.54, 1.807) is 19.2 Å². The highest BCUT2D eigenvalue weighted by atomic mass is 32.2. The first-order chi connectivity index (χ1) is 11.5. The van der Waals surface area contributed by atoms with Gasteiger partial charge in [-0.15, -0.1) is 0 Å². The van der Waals surface area contributed by atoms with Gasteiger partial charge in [-0.2, -0.15) is 0 Å². The molecule has 1 amide bonds. The van der Waals surface area contributed by atoms with Crippen molar-refractivity contribution in [3.05, 3.63) is 54.0 Å². The van der Waals surface area contributed by atoms with Crippen LogP contribution in [0.25, 0.3) is 5.69 Å². The molecule has 0 bridgehead atoms. The van der Waals surface area contributed by atoms with Crippen molar-refractivity contribution in [1.29, 1.82) is 0 Å². The molecule has 124 valence electrons. The molecule has 0 saturated heterocycles. The number of imidazole rings is 1. The number of aryl methyl sites for hydroxylation is 2. The normalized spacial score (nSPS) is 12.1. The van der Waals surface area contributed by atoms with Gasteiger partial charge in [-0.3, -0.25) is 9.36 Å². The number of nitrogens with zero attached hydrogens (tertiary/aromatic N) is 3. The zero-order chi connectivity index (χ0) is 17.1. The van der Waals surface area contributed by atoms with Crippen LogP contribution in [0.5, 0.6) is 0 Å². The second-order valence-electron chi connectivity index (χ2n) is 5.44. The first-order valence-corrected chi connectivity index (χ1v) is 8.43. The second kappa shape index (κ2) is 6.92. The van der Waals surface area contributed by atoms with E-state index in [0.29, 0.717) is 11.6 Å². The number of carbonyl (C=O) groups is 1. The van der Waals surface area contributed by atoms with Crippen LogP contribution in [0.4, 0.5) is 5.82 Å². The standard InChI is InChI=1S/C17H18N4O2S/c1-11-6-4-5-7-14(11)21-9-8-18-17(21)24-13(3)16(22)19-15-10-12(2)23-20-15/h4-10,13H,1-3H3,(H,19,20,22). The second-order valence-corrected chi connectivity index (χ2v) is 6.75. The summed E-state index contributed by atoms with van der Waals surface area (Å²) in [6.07, 6.45) is 3.64. The zero-order valence-electron chi connectivity index (χ0n) is 13.7. The lowest BCUT2D eigenvalue weighted by atomic mass is 10.2. The van der Waals surface area contributed by atoms with Crippen molar-refractivity contribution in [3.63, 3.8) is 0 Å². The van der Waals surface area contributed by atoms with Gasteiger partial charge in [0.1, 0.15) is 5.76 Å². The van der Waals surface area contributed by atoms with Gasteiger partial charge in [0.25, 0.3) is 0 Å². The van der Waals surface area contributed by atoms with Gasteiger partial charge in [0.05, 0.1) is 10.9 Å². The smallest absolute Gasteiger partial charge is 0.238 e. The third-order valence-electron chi connectivity index (χ3n) is 3.51. The average Bonchev–Trinajstić information content (AvgIpc) is 3.17. The van der Waals surface area contributed by atoms with E-state index >= 15 is 0 Å². The molecule has 0 aliphatic rings. The predicted octanol–water partition coefficient (Wildman–Crippen LogP) is 3.60. The molecular formula is C17H18N4O2S. The number of rotatable bonds is 5. The minimum absolute atomic E-state index is 0.146. The van der Waals surface area contributed by atoms with E-state index in [4.69, 9.17) is 4.52 Å². The van der Waals surface area contributed by atoms with E-state index in [0.717, 1.165) is 16.4 Å². The monoisotopic (exact) mass is 342 g/mol. The van der Waals surface area contributed by atoms with E-state index in [9.17, 15) is 4.79 Å². The Hall–Kier alpha value is -2.54. The van der Waals surface area contributed by atoms with E-state index in [1.807, 2.05) is 48.9 Å². The number of hydrogen-bond acceptors (Lipinski definition) is 5. The quantitative estimate of drug-likeness (QED) is 0.717. The number of amides is 1. The van der Waals surface area contributed by atoms with Gasteiger partial charge in [0.15, 0.2) is 11.0 Å². The summed E-state index contributed by atoms with van der Waals surface area (Å²) < 4.78 is 6.94. The first-order valence-electron chi connectivity index (χ1n) is 7.55. The van der Waals surface area contributed by atoms with Gasteiger partial charge in [-0.25, -0.2) is 4.98 Å². The average molecular weight is 342 g/mol. The maximum absolute atomic E-state index is 12.3. The summed E-state index contributed by atoms with van der Waals surface area (Å²) in [4.78, 5) is 16.7. The Morgan fingerprint density at radius 3 is 2.83 bits per heavy atom. The molecule has 0 fully saturated rings. The summed E-state index contributed by atoms with van der Waals surface area (Å²) in [6.45, 7) is 5.66. The van der Waals surface area contributed by atoms with Crippen LogP contribution in [0.1, 0.15) is 18.2 Å². The lowest BCUT2D eigenvalue weighted by molar-refractivity contribution is -0.115. The van der Waals surface area contributed by atoms with Gasteiger partial charge in [-0.05, 0) is 32.4 Å². The molecule has 24 heavy (non-hydrogen) atoms. The lowest BCUT2D eigenvalue weighted by Crippen LogP contribution is -2.23. The summed E-state index contributed by atoms with van der Waals surface area (Å²) in [5.74, 6) is 0.931. The predicted molar refractivity (Wildman–Crippen MR) is 93.5 cm³/mol. The molecule has 3 aromatic rings. The van der Waals surface area contributed by atoms with Crippen LogP contribution >= 0.6 is 11.8 Å². The van der Waals surface area contributed by atoms with Crippen molar-refractivity contribution >= 4 is 23.5 Å². The number of thioether (sulfide) groups is 1. The van der Waals surface area contributed by atoms with Crippen molar-refractivity contribution in [2.75, 3.05) is 5.32 Å². The minimum atomic E-state index is -0.327. The Balaban J connectivity index is 1.73. The van der Waals surface area contributed by atoms with Crippen molar-refractivity contribution < 1.29 is 9.32 Å². The van der Waals surface area contributed by atoms with Gasteiger partial charge in [0, 0.05) is 18.5 Å². The van der Waals surface area contributed by atoms with Crippen LogP contribution in [0.2, 0.25) is 0 Å². The van der Waals surface area contributed by atoms with Crippen LogP contribution in [0.3, 0.4) is 0 Å². The van der Waals surface area contributed by atoms with Crippen LogP contribution in [-0.4, -0.2) is 25.9 Å². The maximum Gasteiger partial charge on any atom is 0.238 e. The highest BCUT2D eigenvalue weighted by Gasteiger charge is 2.19. The molecule has 1 unspecified atom stereocenters. The highest BCUT2D eigenvalue weighted by molar-refractivity contribution is 8.00. The third kappa shape index (κ3) is 3.51. The van der Waals surface area contributed by atoms with E-state index in [1.165, 1.54) is 11.8 Å². The fourth-order valence-electron chi connectivity index (χ4n) is 2.26. The Morgan fingerprint density at radius 2 is 2.12 bits per heavy atom. The summed E-state index contributed by atoms with van der Waals surface area (Å²) >= 11 is 1.40. The number of hydrogen-bond donors (Lipinski definition) is 1. The van der Waals surface area contributed by atoms with Crippen molar-refractivity contribution in [2.45, 2.75) is 31.2 Å². The first kappa shape index (κ1) is 16.3. The summed E-state index contributed by atoms with van der Waals surface area (Å²) in [7, 11) is 0. The van der Waals surface area contributed by atoms with Gasteiger partial charge in [0.2, 0.25) is 5.91 Å². The van der Waals surface area contributed by atoms with E-state index in [-0.39, 0.29) is 11.2 Å². The molecule has 1 aromatic carbocycles. The van der Waals surface area contributed by atoms with Crippen LogP contribution < -0.4 is 5.32 Å². The summed E-state index contributed by atoms with van der Waals surface area (Å²) in [5.41, 5.74) is 2.20. The molecular weight excluding hydrogens is 324 g/mol. The Morgan fingerprint density at radius 1 is 1.33 bits per heavy atom. The lowest BCUT2D eigenvalue weighted by Gasteiger charge is -2.13. The van der Waals surface area contributed by atoms with E-state index in [2.05, 4.69) is 15.5 Å². The topological polar surface area (TPSA) is 73.0 Å². The van der Waals surface area contributed by atoms with Crippen LogP contribution in [0, 0.1) is 13.8 Å². The molecule has 2 heterocycles. The molecule has 1 N–H and O–H groups in total. The fraction of sp³-hybridized carbons (Fsp3) is 0.235. The third-order valence-corrected chi connectivity index (χ3v) is 4.59. The summed E-state index contributed by atoms with van der Waals surface area (Å²) in [6, 6.07) is 9.75. The van der Waals surface area contributed by atoms with Crippen molar-refractivity contribution in [1.82, 2.24) is 14.7 Å². The van der Waals surface area contributed by atoms with Gasteiger partial charge >= 0.3 is 0 Å². The number of benzene rings is 1. The van der Waals surface area contributed by atoms with Gasteiger partial charge in [-0.1, -0.05) is 35.1 Å². The highest BCUT2D eigenvalue weighted by Crippen LogP contribution is 2.26. The van der Waals surface area contributed by atoms with Crippen LogP contribution in [-0.2, 0) is 4.79 Å². The molecule has 1 atom stereocenters. The molecule has 2 aromatic heterocycles.